The summed E-state index contributed by atoms with van der Waals surface area (Å²) in [5.41, 5.74) is 8.76. The molecule has 0 aromatic heterocycles. The summed E-state index contributed by atoms with van der Waals surface area (Å²) in [5, 5.41) is 0. The fourth-order valence-corrected chi connectivity index (χ4v) is 2.04. The van der Waals surface area contributed by atoms with E-state index in [9.17, 15) is 4.79 Å². The zero-order valence-corrected chi connectivity index (χ0v) is 9.56. The number of carbonyl (C=O) groups is 1. The summed E-state index contributed by atoms with van der Waals surface area (Å²) < 4.78 is 5.01. The van der Waals surface area contributed by atoms with E-state index in [1.165, 1.54) is 0 Å². The summed E-state index contributed by atoms with van der Waals surface area (Å²) in [7, 11) is 0. The van der Waals surface area contributed by atoms with Gasteiger partial charge in [0.15, 0.2) is 0 Å². The fourth-order valence-electron chi connectivity index (χ4n) is 2.04. The number of nitrogens with zero attached hydrogens (tertiary/aromatic N) is 1. The summed E-state index contributed by atoms with van der Waals surface area (Å²) in [5.74, 6) is 0. The Kier molecular flexibility index (Phi) is 2.83. The number of anilines is 1. The van der Waals surface area contributed by atoms with Gasteiger partial charge in [-0.25, -0.2) is 4.79 Å². The van der Waals surface area contributed by atoms with E-state index in [0.717, 1.165) is 16.8 Å². The molecular weight excluding hydrogens is 204 g/mol. The van der Waals surface area contributed by atoms with Gasteiger partial charge in [0.25, 0.3) is 0 Å². The third-order valence-electron chi connectivity index (χ3n) is 2.72. The molecule has 1 unspecified atom stereocenters. The summed E-state index contributed by atoms with van der Waals surface area (Å²) >= 11 is 0. The van der Waals surface area contributed by atoms with Crippen LogP contribution in [0, 0.1) is 13.8 Å². The lowest BCUT2D eigenvalue weighted by Gasteiger charge is -2.20. The Morgan fingerprint density at radius 3 is 2.56 bits per heavy atom. The summed E-state index contributed by atoms with van der Waals surface area (Å²) in [6, 6.07) is 5.97. The van der Waals surface area contributed by atoms with Gasteiger partial charge in [-0.15, -0.1) is 0 Å². The smallest absolute Gasteiger partial charge is 0.414 e. The minimum atomic E-state index is -0.305. The zero-order valence-electron chi connectivity index (χ0n) is 9.56. The van der Waals surface area contributed by atoms with E-state index in [-0.39, 0.29) is 12.1 Å². The number of aryl methyl sites for hydroxylation is 2. The highest BCUT2D eigenvalue weighted by molar-refractivity contribution is 5.90. The third-order valence-corrected chi connectivity index (χ3v) is 2.72. The van der Waals surface area contributed by atoms with Gasteiger partial charge in [0.1, 0.15) is 6.61 Å². The second-order valence-electron chi connectivity index (χ2n) is 4.18. The monoisotopic (exact) mass is 220 g/mol. The van der Waals surface area contributed by atoms with Crippen molar-refractivity contribution in [3.63, 3.8) is 0 Å². The molecule has 1 aromatic rings. The summed E-state index contributed by atoms with van der Waals surface area (Å²) in [6.45, 7) is 4.81. The first kappa shape index (κ1) is 11.0. The predicted molar refractivity (Wildman–Crippen MR) is 62.6 cm³/mol. The molecule has 1 aliphatic heterocycles. The standard InChI is InChI=1S/C12H16N2O2/c1-8-3-9(2)5-10(4-8)14-11(6-13)7-16-12(14)15/h3-5,11H,6-7,13H2,1-2H3. The Labute approximate surface area is 95.0 Å². The lowest BCUT2D eigenvalue weighted by molar-refractivity contribution is 0.179. The van der Waals surface area contributed by atoms with Gasteiger partial charge in [0.05, 0.1) is 6.04 Å². The Morgan fingerprint density at radius 2 is 2.00 bits per heavy atom. The van der Waals surface area contributed by atoms with E-state index in [1.807, 2.05) is 26.0 Å². The van der Waals surface area contributed by atoms with Crippen LogP contribution in [0.5, 0.6) is 0 Å². The molecular formula is C12H16N2O2. The number of benzene rings is 1. The SMILES string of the molecule is Cc1cc(C)cc(N2C(=O)OCC2CN)c1. The Hall–Kier alpha value is -1.55. The van der Waals surface area contributed by atoms with Crippen molar-refractivity contribution in [2.24, 2.45) is 5.73 Å². The maximum Gasteiger partial charge on any atom is 0.414 e. The first-order valence-corrected chi connectivity index (χ1v) is 5.36. The van der Waals surface area contributed by atoms with Crippen LogP contribution in [-0.2, 0) is 4.74 Å². The molecule has 1 atom stereocenters. The molecule has 86 valence electrons. The molecule has 1 aliphatic rings. The predicted octanol–water partition coefficient (Wildman–Crippen LogP) is 1.59. The van der Waals surface area contributed by atoms with Gasteiger partial charge in [-0.05, 0) is 37.1 Å². The normalized spacial score (nSPS) is 20.1. The lowest BCUT2D eigenvalue weighted by atomic mass is 10.1. The molecule has 2 N–H and O–H groups in total. The van der Waals surface area contributed by atoms with Crippen LogP contribution in [0.25, 0.3) is 0 Å². The van der Waals surface area contributed by atoms with Crippen molar-refractivity contribution < 1.29 is 9.53 Å². The number of nitrogens with two attached hydrogens (primary N) is 1. The number of rotatable bonds is 2. The quantitative estimate of drug-likeness (QED) is 0.823. The van der Waals surface area contributed by atoms with E-state index in [0.29, 0.717) is 13.2 Å². The molecule has 4 heteroatoms. The van der Waals surface area contributed by atoms with E-state index in [4.69, 9.17) is 10.5 Å². The maximum absolute atomic E-state index is 11.6. The van der Waals surface area contributed by atoms with Crippen molar-refractivity contribution in [1.82, 2.24) is 0 Å². The highest BCUT2D eigenvalue weighted by Crippen LogP contribution is 2.24. The first-order valence-electron chi connectivity index (χ1n) is 5.36. The molecule has 0 saturated carbocycles. The highest BCUT2D eigenvalue weighted by atomic mass is 16.6. The second-order valence-corrected chi connectivity index (χ2v) is 4.18. The number of hydrogen-bond acceptors (Lipinski definition) is 3. The maximum atomic E-state index is 11.6. The number of cyclic esters (lactones) is 1. The van der Waals surface area contributed by atoms with Crippen molar-refractivity contribution in [1.29, 1.82) is 0 Å². The van der Waals surface area contributed by atoms with Crippen molar-refractivity contribution in [3.8, 4) is 0 Å². The van der Waals surface area contributed by atoms with Gasteiger partial charge in [-0.1, -0.05) is 6.07 Å². The lowest BCUT2D eigenvalue weighted by Crippen LogP contribution is -2.38. The van der Waals surface area contributed by atoms with Gasteiger partial charge in [0, 0.05) is 12.2 Å². The average Bonchev–Trinajstić information content (AvgIpc) is 2.58. The molecule has 0 spiro atoms. The molecule has 1 saturated heterocycles. The number of hydrogen-bond donors (Lipinski definition) is 1. The van der Waals surface area contributed by atoms with Gasteiger partial charge in [0.2, 0.25) is 0 Å². The molecule has 0 aliphatic carbocycles. The fraction of sp³-hybridized carbons (Fsp3) is 0.417. The van der Waals surface area contributed by atoms with E-state index < -0.39 is 0 Å². The molecule has 1 amide bonds. The summed E-state index contributed by atoms with van der Waals surface area (Å²) in [6.07, 6.45) is -0.305. The molecule has 16 heavy (non-hydrogen) atoms. The Bertz CT molecular complexity index is 397. The number of carbonyl (C=O) groups excluding carboxylic acids is 1. The third kappa shape index (κ3) is 1.88. The van der Waals surface area contributed by atoms with Crippen molar-refractivity contribution in [2.45, 2.75) is 19.9 Å². The topological polar surface area (TPSA) is 55.6 Å². The number of amides is 1. The van der Waals surface area contributed by atoms with Gasteiger partial charge in [-0.3, -0.25) is 4.90 Å². The average molecular weight is 220 g/mol. The molecule has 2 rings (SSSR count). The first-order chi connectivity index (χ1) is 7.61. The minimum Gasteiger partial charge on any atom is -0.447 e. The molecule has 4 nitrogen and oxygen atoms in total. The van der Waals surface area contributed by atoms with Gasteiger partial charge in [-0.2, -0.15) is 0 Å². The van der Waals surface area contributed by atoms with E-state index >= 15 is 0 Å². The van der Waals surface area contributed by atoms with Crippen molar-refractivity contribution in [2.75, 3.05) is 18.1 Å². The highest BCUT2D eigenvalue weighted by Gasteiger charge is 2.33. The minimum absolute atomic E-state index is 0.0475. The number of ether oxygens (including phenoxy) is 1. The van der Waals surface area contributed by atoms with Crippen LogP contribution < -0.4 is 10.6 Å². The van der Waals surface area contributed by atoms with Gasteiger partial charge >= 0.3 is 6.09 Å². The Balaban J connectivity index is 2.38. The van der Waals surface area contributed by atoms with Crippen LogP contribution >= 0.6 is 0 Å². The van der Waals surface area contributed by atoms with Gasteiger partial charge < -0.3 is 10.5 Å². The largest absolute Gasteiger partial charge is 0.447 e. The van der Waals surface area contributed by atoms with Crippen LogP contribution in [0.1, 0.15) is 11.1 Å². The molecule has 0 bridgehead atoms. The Morgan fingerprint density at radius 1 is 1.38 bits per heavy atom. The van der Waals surface area contributed by atoms with E-state index in [2.05, 4.69) is 6.07 Å². The molecule has 1 heterocycles. The molecule has 0 radical (unpaired) electrons. The van der Waals surface area contributed by atoms with Crippen LogP contribution in [0.15, 0.2) is 18.2 Å². The van der Waals surface area contributed by atoms with Crippen LogP contribution in [0.3, 0.4) is 0 Å². The molecule has 1 fully saturated rings. The molecule has 1 aromatic carbocycles. The summed E-state index contributed by atoms with van der Waals surface area (Å²) in [4.78, 5) is 13.3. The van der Waals surface area contributed by atoms with Crippen LogP contribution in [-0.4, -0.2) is 25.3 Å². The zero-order chi connectivity index (χ0) is 11.7. The van der Waals surface area contributed by atoms with E-state index in [1.54, 1.807) is 4.90 Å². The van der Waals surface area contributed by atoms with Crippen molar-refractivity contribution in [3.05, 3.63) is 29.3 Å². The second kappa shape index (κ2) is 4.14. The van der Waals surface area contributed by atoms with Crippen molar-refractivity contribution >= 4 is 11.8 Å². The van der Waals surface area contributed by atoms with Crippen LogP contribution in [0.2, 0.25) is 0 Å². The van der Waals surface area contributed by atoms with Crippen LogP contribution in [0.4, 0.5) is 10.5 Å².